The predicted octanol–water partition coefficient (Wildman–Crippen LogP) is 3.77. The van der Waals surface area contributed by atoms with Crippen LogP contribution in [0.25, 0.3) is 0 Å². The summed E-state index contributed by atoms with van der Waals surface area (Å²) in [6, 6.07) is 8.28. The molecular formula is C13H22BrNO2SSi. The predicted molar refractivity (Wildman–Crippen MR) is 87.6 cm³/mol. The van der Waals surface area contributed by atoms with Crippen LogP contribution >= 0.6 is 15.9 Å². The molecule has 0 amide bonds. The third-order valence-electron chi connectivity index (χ3n) is 2.85. The van der Waals surface area contributed by atoms with Gasteiger partial charge in [-0.05, 0) is 30.7 Å². The zero-order valence-corrected chi connectivity index (χ0v) is 15.3. The molecular weight excluding hydrogens is 342 g/mol. The monoisotopic (exact) mass is 363 g/mol. The fourth-order valence-corrected chi connectivity index (χ4v) is 6.17. The summed E-state index contributed by atoms with van der Waals surface area (Å²) in [5.74, 6) is 0.226. The standard InChI is InChI=1S/C13H22BrNO2SSi/c1-11(12-5-7-13(14)8-6-12)15-18(16,17)9-10-19(2,3)4/h5-8,11,15H,9-10H2,1-4H3/t11-/m0/s1. The first-order chi connectivity index (χ1) is 8.59. The molecule has 0 aliphatic heterocycles. The quantitative estimate of drug-likeness (QED) is 0.781. The van der Waals surface area contributed by atoms with Crippen LogP contribution in [-0.2, 0) is 10.0 Å². The van der Waals surface area contributed by atoms with Gasteiger partial charge in [-0.2, -0.15) is 0 Å². The average molecular weight is 364 g/mol. The summed E-state index contributed by atoms with van der Waals surface area (Å²) in [7, 11) is -4.53. The normalized spacial score (nSPS) is 14.4. The van der Waals surface area contributed by atoms with E-state index in [2.05, 4.69) is 40.3 Å². The first-order valence-corrected chi connectivity index (χ1v) is 12.5. The van der Waals surface area contributed by atoms with E-state index < -0.39 is 18.1 Å². The summed E-state index contributed by atoms with van der Waals surface area (Å²) in [4.78, 5) is 0. The molecule has 0 aliphatic rings. The third kappa shape index (κ3) is 6.69. The highest BCUT2D eigenvalue weighted by Gasteiger charge is 2.20. The molecule has 19 heavy (non-hydrogen) atoms. The molecule has 0 saturated carbocycles. The molecule has 108 valence electrons. The maximum atomic E-state index is 12.0. The highest BCUT2D eigenvalue weighted by Crippen LogP contribution is 2.18. The van der Waals surface area contributed by atoms with Crippen molar-refractivity contribution >= 4 is 34.0 Å². The molecule has 0 spiro atoms. The SMILES string of the molecule is C[C@H](NS(=O)(=O)CC[Si](C)(C)C)c1ccc(Br)cc1. The molecule has 1 N–H and O–H groups in total. The number of rotatable bonds is 6. The third-order valence-corrected chi connectivity index (χ3v) is 6.94. The van der Waals surface area contributed by atoms with Gasteiger partial charge in [-0.15, -0.1) is 0 Å². The van der Waals surface area contributed by atoms with Crippen molar-refractivity contribution in [3.05, 3.63) is 34.3 Å². The van der Waals surface area contributed by atoms with Gasteiger partial charge in [-0.3, -0.25) is 0 Å². The lowest BCUT2D eigenvalue weighted by Gasteiger charge is -2.18. The van der Waals surface area contributed by atoms with Crippen LogP contribution in [0.1, 0.15) is 18.5 Å². The topological polar surface area (TPSA) is 46.2 Å². The van der Waals surface area contributed by atoms with Crippen molar-refractivity contribution in [3.8, 4) is 0 Å². The molecule has 1 aromatic rings. The van der Waals surface area contributed by atoms with Crippen LogP contribution in [-0.4, -0.2) is 22.2 Å². The van der Waals surface area contributed by atoms with Crippen LogP contribution < -0.4 is 4.72 Å². The van der Waals surface area contributed by atoms with Crippen LogP contribution in [0, 0.1) is 0 Å². The number of hydrogen-bond donors (Lipinski definition) is 1. The van der Waals surface area contributed by atoms with E-state index in [1.165, 1.54) is 0 Å². The minimum atomic E-state index is -3.20. The molecule has 0 radical (unpaired) electrons. The van der Waals surface area contributed by atoms with Crippen molar-refractivity contribution in [3.63, 3.8) is 0 Å². The Balaban J connectivity index is 2.65. The molecule has 0 heterocycles. The van der Waals surface area contributed by atoms with Gasteiger partial charge in [0, 0.05) is 18.6 Å². The Morgan fingerprint density at radius 1 is 1.21 bits per heavy atom. The second-order valence-electron chi connectivity index (χ2n) is 6.02. The van der Waals surface area contributed by atoms with Gasteiger partial charge in [-0.25, -0.2) is 13.1 Å². The van der Waals surface area contributed by atoms with Gasteiger partial charge in [-0.1, -0.05) is 47.7 Å². The first-order valence-electron chi connectivity index (χ1n) is 6.34. The lowest BCUT2D eigenvalue weighted by atomic mass is 10.1. The molecule has 1 aromatic carbocycles. The van der Waals surface area contributed by atoms with Gasteiger partial charge in [0.15, 0.2) is 0 Å². The Hall–Kier alpha value is -0.173. The van der Waals surface area contributed by atoms with Crippen LogP contribution in [0.15, 0.2) is 28.7 Å². The Kier molecular flexibility index (Phi) is 5.79. The summed E-state index contributed by atoms with van der Waals surface area (Å²) in [6.07, 6.45) is 0. The fourth-order valence-electron chi connectivity index (χ4n) is 1.59. The molecule has 0 unspecified atom stereocenters. The molecule has 0 saturated heterocycles. The largest absolute Gasteiger partial charge is 0.212 e. The van der Waals surface area contributed by atoms with Crippen LogP contribution in [0.3, 0.4) is 0 Å². The maximum Gasteiger partial charge on any atom is 0.211 e. The minimum Gasteiger partial charge on any atom is -0.212 e. The number of benzene rings is 1. The second kappa shape index (κ2) is 6.52. The van der Waals surface area contributed by atoms with E-state index in [0.717, 1.165) is 16.1 Å². The summed E-state index contributed by atoms with van der Waals surface area (Å²) in [5.41, 5.74) is 0.972. The Morgan fingerprint density at radius 2 is 1.74 bits per heavy atom. The summed E-state index contributed by atoms with van der Waals surface area (Å²) >= 11 is 3.37. The number of nitrogens with one attached hydrogen (secondary N) is 1. The summed E-state index contributed by atoms with van der Waals surface area (Å²) in [6.45, 7) is 8.41. The lowest BCUT2D eigenvalue weighted by Crippen LogP contribution is -2.32. The molecule has 3 nitrogen and oxygen atoms in total. The number of sulfonamides is 1. The van der Waals surface area contributed by atoms with E-state index in [-0.39, 0.29) is 11.8 Å². The van der Waals surface area contributed by atoms with Gasteiger partial charge in [0.05, 0.1) is 5.75 Å². The molecule has 0 aromatic heterocycles. The van der Waals surface area contributed by atoms with E-state index >= 15 is 0 Å². The lowest BCUT2D eigenvalue weighted by molar-refractivity contribution is 0.568. The van der Waals surface area contributed by atoms with Crippen LogP contribution in [0.2, 0.25) is 25.7 Å². The van der Waals surface area contributed by atoms with Gasteiger partial charge >= 0.3 is 0 Å². The van der Waals surface area contributed by atoms with E-state index in [1.54, 1.807) is 0 Å². The van der Waals surface area contributed by atoms with Gasteiger partial charge in [0.1, 0.15) is 0 Å². The van der Waals surface area contributed by atoms with E-state index in [4.69, 9.17) is 0 Å². The van der Waals surface area contributed by atoms with E-state index in [1.807, 2.05) is 31.2 Å². The molecule has 1 rings (SSSR count). The Labute approximate surface area is 126 Å². The molecule has 0 fully saturated rings. The minimum absolute atomic E-state index is 0.195. The zero-order valence-electron chi connectivity index (χ0n) is 11.9. The van der Waals surface area contributed by atoms with Crippen LogP contribution in [0.5, 0.6) is 0 Å². The van der Waals surface area contributed by atoms with Gasteiger partial charge in [0.2, 0.25) is 10.0 Å². The summed E-state index contributed by atoms with van der Waals surface area (Å²) in [5, 5.41) is 0. The Bertz CT molecular complexity index is 508. The zero-order chi connectivity index (χ0) is 14.7. The highest BCUT2D eigenvalue weighted by molar-refractivity contribution is 9.10. The number of halogens is 1. The summed E-state index contributed by atoms with van der Waals surface area (Å²) < 4.78 is 27.8. The molecule has 6 heteroatoms. The maximum absolute atomic E-state index is 12.0. The van der Waals surface area contributed by atoms with Crippen molar-refractivity contribution in [2.45, 2.75) is 38.7 Å². The van der Waals surface area contributed by atoms with Crippen molar-refractivity contribution < 1.29 is 8.42 Å². The van der Waals surface area contributed by atoms with Crippen molar-refractivity contribution in [2.75, 3.05) is 5.75 Å². The molecule has 0 bridgehead atoms. The van der Waals surface area contributed by atoms with Crippen molar-refractivity contribution in [1.29, 1.82) is 0 Å². The molecule has 1 atom stereocenters. The smallest absolute Gasteiger partial charge is 0.211 e. The average Bonchev–Trinajstić information content (AvgIpc) is 2.26. The van der Waals surface area contributed by atoms with Crippen molar-refractivity contribution in [2.24, 2.45) is 0 Å². The highest BCUT2D eigenvalue weighted by atomic mass is 79.9. The number of hydrogen-bond acceptors (Lipinski definition) is 2. The Morgan fingerprint density at radius 3 is 2.21 bits per heavy atom. The molecule has 0 aliphatic carbocycles. The van der Waals surface area contributed by atoms with Crippen molar-refractivity contribution in [1.82, 2.24) is 4.72 Å². The first kappa shape index (κ1) is 16.9. The van der Waals surface area contributed by atoms with E-state index in [0.29, 0.717) is 0 Å². The van der Waals surface area contributed by atoms with Crippen LogP contribution in [0.4, 0.5) is 0 Å². The van der Waals surface area contributed by atoms with Gasteiger partial charge in [0.25, 0.3) is 0 Å². The van der Waals surface area contributed by atoms with Gasteiger partial charge < -0.3 is 0 Å². The second-order valence-corrected chi connectivity index (χ2v) is 14.4. The van der Waals surface area contributed by atoms with E-state index in [9.17, 15) is 8.42 Å². The fraction of sp³-hybridized carbons (Fsp3) is 0.538.